The van der Waals surface area contributed by atoms with Gasteiger partial charge < -0.3 is 10.2 Å². The van der Waals surface area contributed by atoms with Crippen molar-refractivity contribution in [2.75, 3.05) is 11.9 Å². The number of alkyl halides is 1. The molecule has 1 aliphatic heterocycles. The first-order chi connectivity index (χ1) is 14.0. The minimum Gasteiger partial charge on any atom is -0.326 e. The zero-order valence-electron chi connectivity index (χ0n) is 15.8. The van der Waals surface area contributed by atoms with Crippen molar-refractivity contribution in [2.45, 2.75) is 36.2 Å². The Kier molecular flexibility index (Phi) is 5.85. The van der Waals surface area contributed by atoms with Gasteiger partial charge >= 0.3 is 0 Å². The fraction of sp³-hybridized carbons (Fsp3) is 0.364. The fourth-order valence-electron chi connectivity index (χ4n) is 4.16. The van der Waals surface area contributed by atoms with E-state index in [1.54, 1.807) is 0 Å². The monoisotopic (exact) mass is 510 g/mol. The maximum absolute atomic E-state index is 14.1. The highest BCUT2D eigenvalue weighted by Gasteiger charge is 2.38. The summed E-state index contributed by atoms with van der Waals surface area (Å²) in [6, 6.07) is 9.35. The first-order valence-electron chi connectivity index (χ1n) is 9.77. The van der Waals surface area contributed by atoms with Crippen LogP contribution in [0, 0.1) is 17.6 Å². The van der Waals surface area contributed by atoms with Crippen LogP contribution >= 0.6 is 22.6 Å². The Balaban J connectivity index is 1.50. The first kappa shape index (κ1) is 20.3. The molecule has 1 heterocycles. The number of hydrogen-bond acceptors (Lipinski definition) is 2. The Bertz CT molecular complexity index is 946. The molecule has 2 aromatic carbocycles. The normalized spacial score (nSPS) is 21.0. The lowest BCUT2D eigenvalue weighted by molar-refractivity contribution is -0.121. The van der Waals surface area contributed by atoms with Gasteiger partial charge in [-0.3, -0.25) is 9.59 Å². The fourth-order valence-corrected chi connectivity index (χ4v) is 5.38. The third kappa shape index (κ3) is 4.01. The topological polar surface area (TPSA) is 49.4 Å². The van der Waals surface area contributed by atoms with Gasteiger partial charge in [-0.2, -0.15) is 0 Å². The summed E-state index contributed by atoms with van der Waals surface area (Å²) in [5.74, 6) is -3.10. The van der Waals surface area contributed by atoms with E-state index in [9.17, 15) is 18.4 Å². The summed E-state index contributed by atoms with van der Waals surface area (Å²) in [7, 11) is 0. The number of benzene rings is 2. The van der Waals surface area contributed by atoms with Gasteiger partial charge in [-0.05, 0) is 67.5 Å². The predicted molar refractivity (Wildman–Crippen MR) is 115 cm³/mol. The lowest BCUT2D eigenvalue weighted by atomic mass is 9.96. The molecule has 4 rings (SSSR count). The van der Waals surface area contributed by atoms with Crippen LogP contribution in [-0.2, 0) is 17.6 Å². The van der Waals surface area contributed by atoms with E-state index in [0.29, 0.717) is 19.4 Å². The number of hydrogen-bond donors (Lipinski definition) is 1. The molecule has 0 bridgehead atoms. The second kappa shape index (κ2) is 8.38. The molecular formula is C22H21F2IN2O2. The van der Waals surface area contributed by atoms with Crippen LogP contribution in [0.2, 0.25) is 0 Å². The third-order valence-corrected chi connectivity index (χ3v) is 7.22. The molecule has 0 spiro atoms. The summed E-state index contributed by atoms with van der Waals surface area (Å²) in [6.07, 6.45) is 4.45. The van der Waals surface area contributed by atoms with Crippen LogP contribution in [0.5, 0.6) is 0 Å². The van der Waals surface area contributed by atoms with E-state index < -0.39 is 33.1 Å². The van der Waals surface area contributed by atoms with E-state index in [2.05, 4.69) is 11.4 Å². The Morgan fingerprint density at radius 3 is 2.52 bits per heavy atom. The van der Waals surface area contributed by atoms with Crippen LogP contribution in [0.3, 0.4) is 0 Å². The molecule has 1 fully saturated rings. The first-order valence-corrected chi connectivity index (χ1v) is 11.0. The molecule has 0 radical (unpaired) electrons. The molecule has 2 aliphatic rings. The van der Waals surface area contributed by atoms with Gasteiger partial charge in [0.05, 0.1) is 9.97 Å². The zero-order valence-corrected chi connectivity index (χ0v) is 17.9. The average molecular weight is 510 g/mol. The highest BCUT2D eigenvalue weighted by Crippen LogP contribution is 2.32. The second-order valence-corrected chi connectivity index (χ2v) is 8.82. The number of carbonyl (C=O) groups excluding carboxylic acids is 2. The van der Waals surface area contributed by atoms with Crippen molar-refractivity contribution >= 4 is 40.1 Å². The standard InChI is InChI=1S/C22H21F2IN2O2/c23-17-7-2-8-18(24)19(17)22(29)27-11-3-6-16(20(27)25)21(28)26-15-10-9-13-4-1-5-14(13)12-15/h2,7-10,12,16,20H,1,3-6,11H2,(H,26,28)/t16-,20?/m0/s1. The van der Waals surface area contributed by atoms with Crippen LogP contribution < -0.4 is 5.32 Å². The number of anilines is 1. The number of amides is 2. The summed E-state index contributed by atoms with van der Waals surface area (Å²) in [5, 5.41) is 2.96. The maximum atomic E-state index is 14.1. The Morgan fingerprint density at radius 2 is 1.76 bits per heavy atom. The quantitative estimate of drug-likeness (QED) is 0.370. The van der Waals surface area contributed by atoms with Crippen molar-refractivity contribution in [3.8, 4) is 0 Å². The van der Waals surface area contributed by atoms with Crippen LogP contribution in [0.4, 0.5) is 14.5 Å². The largest absolute Gasteiger partial charge is 0.326 e. The minimum atomic E-state index is -0.886. The van der Waals surface area contributed by atoms with Crippen molar-refractivity contribution in [1.29, 1.82) is 0 Å². The van der Waals surface area contributed by atoms with Gasteiger partial charge in [0.25, 0.3) is 5.91 Å². The molecular weight excluding hydrogens is 489 g/mol. The summed E-state index contributed by atoms with van der Waals surface area (Å²) in [4.78, 5) is 27.1. The number of aryl methyl sites for hydroxylation is 2. The Morgan fingerprint density at radius 1 is 1.03 bits per heavy atom. The molecule has 0 saturated carbocycles. The number of piperidine rings is 1. The number of likely N-dealkylation sites (tertiary alicyclic amines) is 1. The van der Waals surface area contributed by atoms with Crippen molar-refractivity contribution in [3.63, 3.8) is 0 Å². The molecule has 2 aromatic rings. The van der Waals surface area contributed by atoms with Gasteiger partial charge in [0.2, 0.25) is 5.91 Å². The zero-order chi connectivity index (χ0) is 20.5. The molecule has 7 heteroatoms. The van der Waals surface area contributed by atoms with E-state index in [-0.39, 0.29) is 5.91 Å². The highest BCUT2D eigenvalue weighted by atomic mass is 127. The van der Waals surface area contributed by atoms with Gasteiger partial charge in [0.15, 0.2) is 0 Å². The number of rotatable bonds is 3. The van der Waals surface area contributed by atoms with Crippen LogP contribution in [0.15, 0.2) is 36.4 Å². The number of nitrogens with zero attached hydrogens (tertiary/aromatic N) is 1. The van der Waals surface area contributed by atoms with E-state index in [1.807, 2.05) is 34.7 Å². The summed E-state index contributed by atoms with van der Waals surface area (Å²) >= 11 is 2.03. The number of nitrogens with one attached hydrogen (secondary N) is 1. The lowest BCUT2D eigenvalue weighted by Gasteiger charge is -2.37. The molecule has 1 saturated heterocycles. The maximum Gasteiger partial charge on any atom is 0.260 e. The van der Waals surface area contributed by atoms with E-state index >= 15 is 0 Å². The third-order valence-electron chi connectivity index (χ3n) is 5.68. The number of halogens is 3. The van der Waals surface area contributed by atoms with E-state index in [1.165, 1.54) is 22.1 Å². The second-order valence-electron chi connectivity index (χ2n) is 7.54. The predicted octanol–water partition coefficient (Wildman–Crippen LogP) is 4.71. The summed E-state index contributed by atoms with van der Waals surface area (Å²) in [6.45, 7) is 0.364. The Hall–Kier alpha value is -2.03. The molecule has 1 N–H and O–H groups in total. The average Bonchev–Trinajstić information content (AvgIpc) is 3.15. The molecule has 1 unspecified atom stereocenters. The van der Waals surface area contributed by atoms with Crippen molar-refractivity contribution in [2.24, 2.45) is 5.92 Å². The van der Waals surface area contributed by atoms with E-state index in [4.69, 9.17) is 0 Å². The summed E-state index contributed by atoms with van der Waals surface area (Å²) in [5.41, 5.74) is 2.79. The van der Waals surface area contributed by atoms with Gasteiger partial charge in [0.1, 0.15) is 17.2 Å². The molecule has 2 atom stereocenters. The molecule has 1 aliphatic carbocycles. The Labute approximate surface area is 181 Å². The van der Waals surface area contributed by atoms with Crippen LogP contribution in [0.25, 0.3) is 0 Å². The smallest absolute Gasteiger partial charge is 0.260 e. The summed E-state index contributed by atoms with van der Waals surface area (Å²) < 4.78 is 27.6. The van der Waals surface area contributed by atoms with Gasteiger partial charge in [-0.15, -0.1) is 0 Å². The van der Waals surface area contributed by atoms with Crippen molar-refractivity contribution in [1.82, 2.24) is 4.90 Å². The van der Waals surface area contributed by atoms with E-state index in [0.717, 1.165) is 37.1 Å². The molecule has 0 aromatic heterocycles. The minimum absolute atomic E-state index is 0.172. The van der Waals surface area contributed by atoms with Crippen molar-refractivity contribution < 1.29 is 18.4 Å². The van der Waals surface area contributed by atoms with Crippen LogP contribution in [0.1, 0.15) is 40.7 Å². The van der Waals surface area contributed by atoms with Gasteiger partial charge in [0, 0.05) is 12.2 Å². The highest BCUT2D eigenvalue weighted by molar-refractivity contribution is 14.1. The molecule has 4 nitrogen and oxygen atoms in total. The van der Waals surface area contributed by atoms with Gasteiger partial charge in [-0.1, -0.05) is 34.7 Å². The SMILES string of the molecule is O=C(Nc1ccc2c(c1)CCC2)[C@H]1CCCN(C(=O)c2c(F)cccc2F)C1I. The van der Waals surface area contributed by atoms with Crippen LogP contribution in [-0.4, -0.2) is 27.3 Å². The molecule has 29 heavy (non-hydrogen) atoms. The van der Waals surface area contributed by atoms with Gasteiger partial charge in [-0.25, -0.2) is 8.78 Å². The number of fused-ring (bicyclic) bond motifs is 1. The van der Waals surface area contributed by atoms with Crippen molar-refractivity contribution in [3.05, 3.63) is 64.7 Å². The number of carbonyl (C=O) groups is 2. The lowest BCUT2D eigenvalue weighted by Crippen LogP contribution is -2.49. The molecule has 152 valence electrons. The molecule has 2 amide bonds.